The molecule has 0 unspecified atom stereocenters. The number of nitrogens with zero attached hydrogens (tertiary/aromatic N) is 1. The summed E-state index contributed by atoms with van der Waals surface area (Å²) in [5, 5.41) is 9.69. The number of aliphatic hydroxyl groups excluding tert-OH is 1. The van der Waals surface area contributed by atoms with Gasteiger partial charge in [-0.25, -0.2) is 4.39 Å². The molecule has 0 heterocycles. The van der Waals surface area contributed by atoms with Gasteiger partial charge in [-0.15, -0.1) is 6.58 Å². The van der Waals surface area contributed by atoms with Gasteiger partial charge in [-0.2, -0.15) is 0 Å². The predicted octanol–water partition coefficient (Wildman–Crippen LogP) is 3.28. The minimum Gasteiger partial charge on any atom is -0.389 e. The van der Waals surface area contributed by atoms with Crippen LogP contribution >= 0.6 is 0 Å². The molecule has 1 N–H and O–H groups in total. The molecule has 1 aromatic rings. The molecule has 1 aromatic carbocycles. The second-order valence-electron chi connectivity index (χ2n) is 4.38. The molecule has 0 fully saturated rings. The van der Waals surface area contributed by atoms with Crippen molar-refractivity contribution >= 4 is 5.69 Å². The monoisotopic (exact) mass is 237 g/mol. The largest absolute Gasteiger partial charge is 0.389 e. The lowest BCUT2D eigenvalue weighted by molar-refractivity contribution is 0.194. The number of hydrogen-bond acceptors (Lipinski definition) is 2. The molecule has 0 saturated heterocycles. The summed E-state index contributed by atoms with van der Waals surface area (Å²) in [6.07, 6.45) is 0.953. The summed E-state index contributed by atoms with van der Waals surface area (Å²) in [6, 6.07) is 5.08. The average Bonchev–Trinajstić information content (AvgIpc) is 2.24. The standard InChI is InChI=1S/C14H20FNO/c1-5-9-16(10(2)3)13-8-6-7-12(15)14(13)11(4)17/h5-8,10-11,17H,1,9H2,2-4H3/t11-/m1/s1. The molecule has 0 amide bonds. The van der Waals surface area contributed by atoms with Crippen molar-refractivity contribution in [3.63, 3.8) is 0 Å². The number of anilines is 1. The molecule has 1 atom stereocenters. The first-order valence-corrected chi connectivity index (χ1v) is 5.83. The molecule has 94 valence electrons. The number of benzene rings is 1. The van der Waals surface area contributed by atoms with Gasteiger partial charge in [0.1, 0.15) is 5.82 Å². The molecule has 0 aliphatic rings. The van der Waals surface area contributed by atoms with Gasteiger partial charge in [-0.1, -0.05) is 12.1 Å². The summed E-state index contributed by atoms with van der Waals surface area (Å²) < 4.78 is 13.8. The van der Waals surface area contributed by atoms with E-state index in [1.807, 2.05) is 24.8 Å². The van der Waals surface area contributed by atoms with E-state index in [1.54, 1.807) is 19.1 Å². The first kappa shape index (κ1) is 13.7. The fourth-order valence-electron chi connectivity index (χ4n) is 1.92. The maximum atomic E-state index is 13.8. The topological polar surface area (TPSA) is 23.5 Å². The van der Waals surface area contributed by atoms with Crippen LogP contribution in [0.5, 0.6) is 0 Å². The Hall–Kier alpha value is -1.35. The average molecular weight is 237 g/mol. The van der Waals surface area contributed by atoms with Crippen LogP contribution in [0.25, 0.3) is 0 Å². The molecular formula is C14H20FNO. The van der Waals surface area contributed by atoms with Crippen LogP contribution < -0.4 is 4.90 Å². The fraction of sp³-hybridized carbons (Fsp3) is 0.429. The zero-order valence-corrected chi connectivity index (χ0v) is 10.7. The highest BCUT2D eigenvalue weighted by molar-refractivity contribution is 5.56. The van der Waals surface area contributed by atoms with Crippen LogP contribution in [0.4, 0.5) is 10.1 Å². The molecule has 0 aliphatic carbocycles. The number of aliphatic hydroxyl groups is 1. The van der Waals surface area contributed by atoms with Crippen LogP contribution in [-0.2, 0) is 0 Å². The van der Waals surface area contributed by atoms with E-state index in [-0.39, 0.29) is 11.9 Å². The molecule has 0 spiro atoms. The van der Waals surface area contributed by atoms with Crippen molar-refractivity contribution in [3.05, 3.63) is 42.2 Å². The van der Waals surface area contributed by atoms with Crippen LogP contribution in [0.15, 0.2) is 30.9 Å². The highest BCUT2D eigenvalue weighted by atomic mass is 19.1. The Kier molecular flexibility index (Phi) is 4.70. The summed E-state index contributed by atoms with van der Waals surface area (Å²) in [5.41, 5.74) is 1.08. The van der Waals surface area contributed by atoms with Gasteiger partial charge >= 0.3 is 0 Å². The van der Waals surface area contributed by atoms with Crippen LogP contribution in [-0.4, -0.2) is 17.7 Å². The first-order chi connectivity index (χ1) is 7.99. The van der Waals surface area contributed by atoms with Gasteiger partial charge < -0.3 is 10.0 Å². The van der Waals surface area contributed by atoms with Crippen LogP contribution in [0.3, 0.4) is 0 Å². The van der Waals surface area contributed by atoms with Gasteiger partial charge in [0.15, 0.2) is 0 Å². The van der Waals surface area contributed by atoms with Crippen molar-refractivity contribution in [2.75, 3.05) is 11.4 Å². The highest BCUT2D eigenvalue weighted by Crippen LogP contribution is 2.30. The molecule has 2 nitrogen and oxygen atoms in total. The van der Waals surface area contributed by atoms with E-state index < -0.39 is 6.10 Å². The van der Waals surface area contributed by atoms with Gasteiger partial charge in [0, 0.05) is 23.8 Å². The van der Waals surface area contributed by atoms with Gasteiger partial charge in [-0.05, 0) is 32.9 Å². The van der Waals surface area contributed by atoms with Crippen molar-refractivity contribution in [1.29, 1.82) is 0 Å². The molecule has 1 rings (SSSR count). The molecule has 0 saturated carbocycles. The second-order valence-corrected chi connectivity index (χ2v) is 4.38. The Balaban J connectivity index is 3.27. The van der Waals surface area contributed by atoms with Crippen molar-refractivity contribution < 1.29 is 9.50 Å². The van der Waals surface area contributed by atoms with Gasteiger partial charge in [-0.3, -0.25) is 0 Å². The fourth-order valence-corrected chi connectivity index (χ4v) is 1.92. The van der Waals surface area contributed by atoms with Crippen LogP contribution in [0.2, 0.25) is 0 Å². The Morgan fingerprint density at radius 3 is 2.53 bits per heavy atom. The Labute approximate surface area is 102 Å². The summed E-state index contributed by atoms with van der Waals surface area (Å²) in [6.45, 7) is 9.97. The lowest BCUT2D eigenvalue weighted by Crippen LogP contribution is -2.32. The maximum absolute atomic E-state index is 13.8. The normalized spacial score (nSPS) is 12.6. The molecule has 0 aromatic heterocycles. The van der Waals surface area contributed by atoms with Crippen molar-refractivity contribution in [3.8, 4) is 0 Å². The Bertz CT molecular complexity index is 388. The van der Waals surface area contributed by atoms with E-state index in [2.05, 4.69) is 6.58 Å². The molecule has 3 heteroatoms. The first-order valence-electron chi connectivity index (χ1n) is 5.83. The van der Waals surface area contributed by atoms with Gasteiger partial charge in [0.05, 0.1) is 6.10 Å². The lowest BCUT2D eigenvalue weighted by Gasteiger charge is -2.30. The van der Waals surface area contributed by atoms with Crippen molar-refractivity contribution in [1.82, 2.24) is 0 Å². The van der Waals surface area contributed by atoms with E-state index >= 15 is 0 Å². The minimum absolute atomic E-state index is 0.215. The van der Waals surface area contributed by atoms with Crippen LogP contribution in [0.1, 0.15) is 32.4 Å². The molecule has 0 bridgehead atoms. The highest BCUT2D eigenvalue weighted by Gasteiger charge is 2.19. The number of halogens is 1. The quantitative estimate of drug-likeness (QED) is 0.794. The smallest absolute Gasteiger partial charge is 0.131 e. The third kappa shape index (κ3) is 3.07. The van der Waals surface area contributed by atoms with Gasteiger partial charge in [0.2, 0.25) is 0 Å². The maximum Gasteiger partial charge on any atom is 0.131 e. The SMILES string of the molecule is C=CCN(c1cccc(F)c1[C@@H](C)O)C(C)C. The summed E-state index contributed by atoms with van der Waals surface area (Å²) in [5.74, 6) is -0.368. The molecule has 0 aliphatic heterocycles. The van der Waals surface area contributed by atoms with Crippen molar-refractivity contribution in [2.24, 2.45) is 0 Å². The summed E-state index contributed by atoms with van der Waals surface area (Å²) >= 11 is 0. The van der Waals surface area contributed by atoms with E-state index in [0.29, 0.717) is 12.1 Å². The Morgan fingerprint density at radius 2 is 2.06 bits per heavy atom. The Morgan fingerprint density at radius 1 is 1.41 bits per heavy atom. The van der Waals surface area contributed by atoms with Crippen molar-refractivity contribution in [2.45, 2.75) is 32.9 Å². The van der Waals surface area contributed by atoms with E-state index in [4.69, 9.17) is 0 Å². The second kappa shape index (κ2) is 5.82. The summed E-state index contributed by atoms with van der Waals surface area (Å²) in [7, 11) is 0. The molecular weight excluding hydrogens is 217 g/mol. The number of rotatable bonds is 5. The predicted molar refractivity (Wildman–Crippen MR) is 69.7 cm³/mol. The third-order valence-electron chi connectivity index (χ3n) is 2.71. The van der Waals surface area contributed by atoms with E-state index in [1.165, 1.54) is 6.07 Å². The third-order valence-corrected chi connectivity index (χ3v) is 2.71. The summed E-state index contributed by atoms with van der Waals surface area (Å²) in [4.78, 5) is 2.01. The zero-order valence-electron chi connectivity index (χ0n) is 10.7. The zero-order chi connectivity index (χ0) is 13.0. The lowest BCUT2D eigenvalue weighted by atomic mass is 10.1. The van der Waals surface area contributed by atoms with Crippen LogP contribution in [0, 0.1) is 5.82 Å². The van der Waals surface area contributed by atoms with E-state index in [9.17, 15) is 9.50 Å². The minimum atomic E-state index is -0.822. The molecule has 17 heavy (non-hydrogen) atoms. The number of hydrogen-bond donors (Lipinski definition) is 1. The van der Waals surface area contributed by atoms with E-state index in [0.717, 1.165) is 5.69 Å². The van der Waals surface area contributed by atoms with Gasteiger partial charge in [0.25, 0.3) is 0 Å². The molecule has 0 radical (unpaired) electrons.